The van der Waals surface area contributed by atoms with Crippen molar-refractivity contribution in [2.24, 2.45) is 23.5 Å². The number of aliphatic hydroxyl groups is 2. The van der Waals surface area contributed by atoms with Crippen molar-refractivity contribution in [1.29, 1.82) is 0 Å². The van der Waals surface area contributed by atoms with E-state index in [9.17, 15) is 29.7 Å². The fourth-order valence-electron chi connectivity index (χ4n) is 5.03. The van der Waals surface area contributed by atoms with Crippen molar-refractivity contribution in [3.63, 3.8) is 0 Å². The van der Waals surface area contributed by atoms with E-state index < -0.39 is 36.6 Å². The number of ketones is 2. The van der Waals surface area contributed by atoms with Gasteiger partial charge in [0.1, 0.15) is 11.5 Å². The van der Waals surface area contributed by atoms with E-state index in [4.69, 9.17) is 5.73 Å². The summed E-state index contributed by atoms with van der Waals surface area (Å²) in [6.07, 6.45) is 0.929. The third-order valence-electron chi connectivity index (χ3n) is 6.53. The molecule has 0 radical (unpaired) electrons. The van der Waals surface area contributed by atoms with Crippen molar-refractivity contribution in [3.05, 3.63) is 53.1 Å². The summed E-state index contributed by atoms with van der Waals surface area (Å²) in [5, 5.41) is 29.8. The maximum Gasteiger partial charge on any atom is 0.224 e. The molecule has 0 saturated heterocycles. The highest BCUT2D eigenvalue weighted by Gasteiger charge is 2.35. The summed E-state index contributed by atoms with van der Waals surface area (Å²) in [6, 6.07) is 11.3. The van der Waals surface area contributed by atoms with Crippen LogP contribution in [-0.4, -0.2) is 46.0 Å². The Hall–Kier alpha value is -3.03. The second kappa shape index (κ2) is 10.7. The Morgan fingerprint density at radius 3 is 2.55 bits per heavy atom. The van der Waals surface area contributed by atoms with Gasteiger partial charge in [-0.25, -0.2) is 0 Å². The van der Waals surface area contributed by atoms with Crippen molar-refractivity contribution in [2.75, 3.05) is 13.2 Å². The van der Waals surface area contributed by atoms with Crippen molar-refractivity contribution in [2.45, 2.75) is 39.0 Å². The minimum atomic E-state index is -0.832. The van der Waals surface area contributed by atoms with E-state index in [0.29, 0.717) is 18.4 Å². The molecular weight excluding hydrogens is 422 g/mol. The number of nitrogens with two attached hydrogens (primary N) is 1. The number of phenols is 1. The molecule has 3 rings (SSSR count). The number of phenolic OH excluding ortho intramolecular Hbond substituents is 1. The van der Waals surface area contributed by atoms with Crippen LogP contribution in [0.2, 0.25) is 0 Å². The number of primary amides is 1. The van der Waals surface area contributed by atoms with Gasteiger partial charge in [0, 0.05) is 18.9 Å². The topological polar surface area (TPSA) is 138 Å². The number of fused-ring (bicyclic) bond motifs is 1. The van der Waals surface area contributed by atoms with Crippen molar-refractivity contribution < 1.29 is 29.7 Å². The number of benzene rings is 2. The second-order valence-corrected chi connectivity index (χ2v) is 8.96. The highest BCUT2D eigenvalue weighted by molar-refractivity contribution is 6.03. The van der Waals surface area contributed by atoms with E-state index >= 15 is 0 Å². The molecule has 0 spiro atoms. The molecule has 33 heavy (non-hydrogen) atoms. The smallest absolute Gasteiger partial charge is 0.224 e. The van der Waals surface area contributed by atoms with Crippen LogP contribution in [0.25, 0.3) is 11.1 Å². The Bertz CT molecular complexity index is 1050. The van der Waals surface area contributed by atoms with Gasteiger partial charge in [-0.2, -0.15) is 0 Å². The molecule has 0 saturated carbocycles. The summed E-state index contributed by atoms with van der Waals surface area (Å²) in [4.78, 5) is 36.7. The molecule has 7 nitrogen and oxygen atoms in total. The Labute approximate surface area is 193 Å². The summed E-state index contributed by atoms with van der Waals surface area (Å²) < 4.78 is 0. The molecule has 7 heteroatoms. The molecule has 3 unspecified atom stereocenters. The van der Waals surface area contributed by atoms with Crippen LogP contribution in [-0.2, 0) is 16.0 Å². The molecule has 176 valence electrons. The number of aromatic hydroxyl groups is 1. The zero-order valence-corrected chi connectivity index (χ0v) is 18.8. The molecule has 0 aromatic heterocycles. The molecule has 3 atom stereocenters. The van der Waals surface area contributed by atoms with Crippen LogP contribution in [0.1, 0.15) is 47.2 Å². The second-order valence-electron chi connectivity index (χ2n) is 8.96. The van der Waals surface area contributed by atoms with Crippen LogP contribution in [0.4, 0.5) is 0 Å². The van der Waals surface area contributed by atoms with Crippen molar-refractivity contribution in [3.8, 4) is 16.9 Å². The Morgan fingerprint density at radius 1 is 1.15 bits per heavy atom. The van der Waals surface area contributed by atoms with Gasteiger partial charge in [-0.15, -0.1) is 0 Å². The monoisotopic (exact) mass is 453 g/mol. The van der Waals surface area contributed by atoms with Crippen molar-refractivity contribution in [1.82, 2.24) is 0 Å². The fourth-order valence-corrected chi connectivity index (χ4v) is 5.03. The molecule has 0 fully saturated rings. The van der Waals surface area contributed by atoms with Crippen molar-refractivity contribution >= 4 is 17.5 Å². The Morgan fingerprint density at radius 2 is 1.91 bits per heavy atom. The van der Waals surface area contributed by atoms with Gasteiger partial charge >= 0.3 is 0 Å². The molecule has 0 aliphatic heterocycles. The summed E-state index contributed by atoms with van der Waals surface area (Å²) in [5.74, 6) is -2.79. The number of carbonyl (C=O) groups excluding carboxylic acids is 3. The lowest BCUT2D eigenvalue weighted by molar-refractivity contribution is -0.131. The summed E-state index contributed by atoms with van der Waals surface area (Å²) >= 11 is 0. The molecular formula is C26H31NO6. The van der Waals surface area contributed by atoms with Crippen LogP contribution < -0.4 is 5.73 Å². The van der Waals surface area contributed by atoms with Crippen LogP contribution in [0.3, 0.4) is 0 Å². The molecule has 1 amide bonds. The molecule has 1 aliphatic rings. The Kier molecular flexibility index (Phi) is 8.00. The number of rotatable bonds is 10. The van der Waals surface area contributed by atoms with E-state index in [1.54, 1.807) is 6.07 Å². The summed E-state index contributed by atoms with van der Waals surface area (Å²) in [5.41, 5.74) is 9.18. The number of aryl methyl sites for hydroxylation is 1. The maximum absolute atomic E-state index is 13.0. The number of hydrogen-bond donors (Lipinski definition) is 4. The van der Waals surface area contributed by atoms with Crippen LogP contribution >= 0.6 is 0 Å². The first-order valence-corrected chi connectivity index (χ1v) is 11.2. The third-order valence-corrected chi connectivity index (χ3v) is 6.53. The number of amides is 1. The summed E-state index contributed by atoms with van der Waals surface area (Å²) in [7, 11) is 0. The van der Waals surface area contributed by atoms with E-state index in [1.165, 1.54) is 0 Å². The van der Waals surface area contributed by atoms with E-state index in [0.717, 1.165) is 22.3 Å². The average Bonchev–Trinajstić information content (AvgIpc) is 2.73. The highest BCUT2D eigenvalue weighted by Crippen LogP contribution is 2.41. The van der Waals surface area contributed by atoms with Gasteiger partial charge in [0.15, 0.2) is 5.78 Å². The zero-order chi connectivity index (χ0) is 24.1. The standard InChI is InChI=1S/C26H31NO6/c1-15-3-2-4-17(9-15)19-5-6-22(30)26-20(19)11-16(12-24(26)32)10-18(7-8-28)21(14-29)23(31)13-25(27)33/h2-6,9,16,18,21,28-30H,7-8,10-14H2,1H3,(H2,27,33). The SMILES string of the molecule is Cc1cccc(-c2ccc(O)c3c2CC(CC(CCO)C(CO)C(=O)CC(N)=O)CC3=O)c1. The minimum Gasteiger partial charge on any atom is -0.507 e. The zero-order valence-electron chi connectivity index (χ0n) is 18.8. The molecule has 2 aromatic rings. The normalized spacial score (nSPS) is 17.3. The van der Waals surface area contributed by atoms with Crippen LogP contribution in [0, 0.1) is 24.7 Å². The first kappa shape index (κ1) is 24.6. The predicted molar refractivity (Wildman–Crippen MR) is 124 cm³/mol. The van der Waals surface area contributed by atoms with Gasteiger partial charge < -0.3 is 21.1 Å². The third kappa shape index (κ3) is 5.67. The van der Waals surface area contributed by atoms with Gasteiger partial charge in [0.25, 0.3) is 0 Å². The summed E-state index contributed by atoms with van der Waals surface area (Å²) in [6.45, 7) is 1.35. The number of hydrogen-bond acceptors (Lipinski definition) is 6. The maximum atomic E-state index is 13.0. The van der Waals surface area contributed by atoms with Gasteiger partial charge in [-0.3, -0.25) is 14.4 Å². The molecule has 5 N–H and O–H groups in total. The number of carbonyl (C=O) groups is 3. The fraction of sp³-hybridized carbons (Fsp3) is 0.423. The van der Waals surface area contributed by atoms with E-state index in [2.05, 4.69) is 0 Å². The van der Waals surface area contributed by atoms with Gasteiger partial charge in [-0.1, -0.05) is 35.9 Å². The predicted octanol–water partition coefficient (Wildman–Crippen LogP) is 2.55. The van der Waals surface area contributed by atoms with Gasteiger partial charge in [0.05, 0.1) is 18.6 Å². The molecule has 1 aliphatic carbocycles. The number of aliphatic hydroxyl groups excluding tert-OH is 2. The van der Waals surface area contributed by atoms with Gasteiger partial charge in [-0.05, 0) is 60.8 Å². The Balaban J connectivity index is 1.92. The number of Topliss-reactive ketones (excluding diaryl/α,β-unsaturated/α-hetero) is 2. The van der Waals surface area contributed by atoms with Gasteiger partial charge in [0.2, 0.25) is 5.91 Å². The quantitative estimate of drug-likeness (QED) is 0.408. The molecule has 0 heterocycles. The van der Waals surface area contributed by atoms with Crippen LogP contribution in [0.15, 0.2) is 36.4 Å². The lowest BCUT2D eigenvalue weighted by Gasteiger charge is -2.31. The highest BCUT2D eigenvalue weighted by atomic mass is 16.3. The first-order chi connectivity index (χ1) is 15.7. The minimum absolute atomic E-state index is 0.0402. The van der Waals surface area contributed by atoms with Crippen LogP contribution in [0.5, 0.6) is 5.75 Å². The largest absolute Gasteiger partial charge is 0.507 e. The average molecular weight is 454 g/mol. The first-order valence-electron chi connectivity index (χ1n) is 11.2. The lowest BCUT2D eigenvalue weighted by atomic mass is 9.72. The lowest BCUT2D eigenvalue weighted by Crippen LogP contribution is -2.33. The van der Waals surface area contributed by atoms with E-state index in [-0.39, 0.29) is 36.9 Å². The molecule has 0 bridgehead atoms. The van der Waals surface area contributed by atoms with E-state index in [1.807, 2.05) is 37.3 Å². The molecule has 2 aromatic carbocycles.